The molecule has 0 saturated carbocycles. The Balaban J connectivity index is 1.83. The molecule has 0 heterocycles. The van der Waals surface area contributed by atoms with Crippen LogP contribution in [0.4, 0.5) is 5.69 Å². The topological polar surface area (TPSA) is 88.4 Å². The van der Waals surface area contributed by atoms with Crippen molar-refractivity contribution in [2.45, 2.75) is 39.2 Å². The lowest BCUT2D eigenvalue weighted by Crippen LogP contribution is -2.31. The van der Waals surface area contributed by atoms with Gasteiger partial charge in [0.05, 0.1) is 11.6 Å². The van der Waals surface area contributed by atoms with Crippen LogP contribution in [0.25, 0.3) is 0 Å². The van der Waals surface area contributed by atoms with Gasteiger partial charge in [0, 0.05) is 5.69 Å². The molecule has 2 aromatic carbocycles. The average Bonchev–Trinajstić information content (AvgIpc) is 2.66. The highest BCUT2D eigenvalue weighted by Gasteiger charge is 2.19. The number of nitrogens with one attached hydrogen (secondary N) is 1. The van der Waals surface area contributed by atoms with Crippen molar-refractivity contribution in [3.63, 3.8) is 0 Å². The van der Waals surface area contributed by atoms with E-state index in [9.17, 15) is 9.59 Å². The molecule has 0 radical (unpaired) electrons. The van der Waals surface area contributed by atoms with Crippen LogP contribution in [0.1, 0.15) is 38.8 Å². The minimum Gasteiger partial charge on any atom is -0.482 e. The van der Waals surface area contributed by atoms with Crippen molar-refractivity contribution in [2.75, 3.05) is 11.9 Å². The van der Waals surface area contributed by atoms with Gasteiger partial charge in [-0.1, -0.05) is 39.0 Å². The number of hydrogen-bond acceptors (Lipinski definition) is 5. The highest BCUT2D eigenvalue weighted by molar-refractivity contribution is 5.95. The van der Waals surface area contributed by atoms with Crippen LogP contribution in [0.15, 0.2) is 48.5 Å². The molecule has 0 aliphatic heterocycles. The van der Waals surface area contributed by atoms with Crippen LogP contribution in [0.2, 0.25) is 0 Å². The van der Waals surface area contributed by atoms with Gasteiger partial charge in [-0.05, 0) is 48.2 Å². The number of nitrogens with zero attached hydrogens (tertiary/aromatic N) is 1. The minimum absolute atomic E-state index is 0.0347. The highest BCUT2D eigenvalue weighted by Crippen LogP contribution is 2.24. The zero-order valence-electron chi connectivity index (χ0n) is 16.5. The molecule has 0 aliphatic rings. The summed E-state index contributed by atoms with van der Waals surface area (Å²) in [5, 5.41) is 11.5. The van der Waals surface area contributed by atoms with E-state index in [-0.39, 0.29) is 12.0 Å². The average molecular weight is 380 g/mol. The van der Waals surface area contributed by atoms with Crippen LogP contribution < -0.4 is 10.1 Å². The fraction of sp³-hybridized carbons (Fsp3) is 0.318. The first kappa shape index (κ1) is 21.0. The Morgan fingerprint density at radius 1 is 1.14 bits per heavy atom. The summed E-state index contributed by atoms with van der Waals surface area (Å²) >= 11 is 0. The number of ether oxygens (including phenoxy) is 2. The molecule has 1 unspecified atom stereocenters. The lowest BCUT2D eigenvalue weighted by atomic mass is 9.87. The van der Waals surface area contributed by atoms with Gasteiger partial charge in [-0.15, -0.1) is 0 Å². The number of hydrogen-bond donors (Lipinski definition) is 1. The molecule has 0 saturated heterocycles. The molecule has 0 fully saturated rings. The van der Waals surface area contributed by atoms with Gasteiger partial charge in [0.15, 0.2) is 12.7 Å². The molecule has 6 nitrogen and oxygen atoms in total. The number of nitriles is 1. The van der Waals surface area contributed by atoms with E-state index >= 15 is 0 Å². The van der Waals surface area contributed by atoms with Crippen molar-refractivity contribution >= 4 is 17.6 Å². The van der Waals surface area contributed by atoms with Gasteiger partial charge >= 0.3 is 5.97 Å². The first-order valence-electron chi connectivity index (χ1n) is 8.93. The Labute approximate surface area is 165 Å². The highest BCUT2D eigenvalue weighted by atomic mass is 16.6. The van der Waals surface area contributed by atoms with Crippen molar-refractivity contribution in [1.82, 2.24) is 0 Å². The monoisotopic (exact) mass is 380 g/mol. The molecular formula is C22H24N2O4. The van der Waals surface area contributed by atoms with E-state index in [1.165, 1.54) is 13.0 Å². The second kappa shape index (κ2) is 9.05. The molecule has 0 aliphatic carbocycles. The number of benzene rings is 2. The number of anilines is 1. The van der Waals surface area contributed by atoms with Crippen LogP contribution in [-0.4, -0.2) is 24.6 Å². The van der Waals surface area contributed by atoms with Gasteiger partial charge in [-0.3, -0.25) is 4.79 Å². The summed E-state index contributed by atoms with van der Waals surface area (Å²) in [6.07, 6.45) is -0.995. The second-order valence-corrected chi connectivity index (χ2v) is 7.38. The Morgan fingerprint density at radius 3 is 2.43 bits per heavy atom. The Kier molecular flexibility index (Phi) is 6.78. The Morgan fingerprint density at radius 2 is 1.82 bits per heavy atom. The maximum Gasteiger partial charge on any atom is 0.344 e. The van der Waals surface area contributed by atoms with Crippen LogP contribution in [0.5, 0.6) is 5.75 Å². The molecule has 146 valence electrons. The smallest absolute Gasteiger partial charge is 0.344 e. The number of carbonyl (C=O) groups excluding carboxylic acids is 2. The Bertz CT molecular complexity index is 877. The summed E-state index contributed by atoms with van der Waals surface area (Å²) in [5.41, 5.74) is 2.08. The van der Waals surface area contributed by atoms with E-state index in [2.05, 4.69) is 26.1 Å². The van der Waals surface area contributed by atoms with Crippen molar-refractivity contribution in [3.8, 4) is 11.8 Å². The lowest BCUT2D eigenvalue weighted by molar-refractivity contribution is -0.155. The molecular weight excluding hydrogens is 356 g/mol. The van der Waals surface area contributed by atoms with Crippen molar-refractivity contribution < 1.29 is 19.1 Å². The standard InChI is InChI=1S/C22H24N2O4/c1-15(21(26)24-18-7-5-6-16(12-18)13-23)28-20(25)14-27-19-10-8-17(9-11-19)22(2,3)4/h5-12,15H,14H2,1-4H3,(H,24,26). The normalized spacial score (nSPS) is 11.8. The van der Waals surface area contributed by atoms with E-state index < -0.39 is 18.0 Å². The third-order valence-electron chi connectivity index (χ3n) is 4.01. The molecule has 0 spiro atoms. The Hall–Kier alpha value is -3.33. The van der Waals surface area contributed by atoms with Crippen molar-refractivity contribution in [2.24, 2.45) is 0 Å². The van der Waals surface area contributed by atoms with Gasteiger partial charge in [-0.2, -0.15) is 5.26 Å². The van der Waals surface area contributed by atoms with Gasteiger partial charge in [0.25, 0.3) is 5.91 Å². The first-order chi connectivity index (χ1) is 13.2. The summed E-state index contributed by atoms with van der Waals surface area (Å²) in [5.74, 6) is -0.582. The fourth-order valence-corrected chi connectivity index (χ4v) is 2.39. The third kappa shape index (κ3) is 6.13. The molecule has 1 atom stereocenters. The third-order valence-corrected chi connectivity index (χ3v) is 4.01. The molecule has 2 rings (SSSR count). The molecule has 0 bridgehead atoms. The van der Waals surface area contributed by atoms with Gasteiger partial charge in [-0.25, -0.2) is 4.79 Å². The summed E-state index contributed by atoms with van der Waals surface area (Å²) in [7, 11) is 0. The predicted octanol–water partition coefficient (Wildman–Crippen LogP) is 3.80. The van der Waals surface area contributed by atoms with E-state index in [0.717, 1.165) is 5.56 Å². The van der Waals surface area contributed by atoms with Crippen molar-refractivity contribution in [3.05, 3.63) is 59.7 Å². The molecule has 28 heavy (non-hydrogen) atoms. The number of carbonyl (C=O) groups is 2. The van der Waals surface area contributed by atoms with Crippen LogP contribution in [-0.2, 0) is 19.7 Å². The number of amides is 1. The largest absolute Gasteiger partial charge is 0.482 e. The quantitative estimate of drug-likeness (QED) is 0.770. The lowest BCUT2D eigenvalue weighted by Gasteiger charge is -2.19. The van der Waals surface area contributed by atoms with Crippen LogP contribution in [0.3, 0.4) is 0 Å². The maximum absolute atomic E-state index is 12.1. The van der Waals surface area contributed by atoms with Gasteiger partial charge in [0.1, 0.15) is 5.75 Å². The van der Waals surface area contributed by atoms with E-state index in [1.54, 1.807) is 30.3 Å². The fourth-order valence-electron chi connectivity index (χ4n) is 2.39. The molecule has 6 heteroatoms. The summed E-state index contributed by atoms with van der Waals surface area (Å²) in [6.45, 7) is 7.52. The molecule has 2 aromatic rings. The molecule has 1 amide bonds. The van der Waals surface area contributed by atoms with E-state index in [1.807, 2.05) is 18.2 Å². The number of esters is 1. The minimum atomic E-state index is -0.995. The van der Waals surface area contributed by atoms with Gasteiger partial charge < -0.3 is 14.8 Å². The summed E-state index contributed by atoms with van der Waals surface area (Å²) in [6, 6.07) is 16.0. The first-order valence-corrected chi connectivity index (χ1v) is 8.93. The summed E-state index contributed by atoms with van der Waals surface area (Å²) < 4.78 is 10.5. The maximum atomic E-state index is 12.1. The summed E-state index contributed by atoms with van der Waals surface area (Å²) in [4.78, 5) is 24.1. The molecule has 0 aromatic heterocycles. The van der Waals surface area contributed by atoms with Crippen LogP contribution >= 0.6 is 0 Å². The van der Waals surface area contributed by atoms with E-state index in [4.69, 9.17) is 14.7 Å². The predicted molar refractivity (Wildman–Crippen MR) is 106 cm³/mol. The zero-order chi connectivity index (χ0) is 20.7. The van der Waals surface area contributed by atoms with E-state index in [0.29, 0.717) is 17.0 Å². The van der Waals surface area contributed by atoms with Gasteiger partial charge in [0.2, 0.25) is 0 Å². The van der Waals surface area contributed by atoms with Crippen LogP contribution in [0, 0.1) is 11.3 Å². The zero-order valence-corrected chi connectivity index (χ0v) is 16.5. The SMILES string of the molecule is CC(OC(=O)COc1ccc(C(C)(C)C)cc1)C(=O)Nc1cccc(C#N)c1. The number of rotatable bonds is 6. The molecule has 1 N–H and O–H groups in total. The second-order valence-electron chi connectivity index (χ2n) is 7.38. The van der Waals surface area contributed by atoms with Crippen molar-refractivity contribution in [1.29, 1.82) is 5.26 Å².